The number of aliphatic hydroxyl groups excluding tert-OH is 1. The number of aromatic nitrogens is 2. The highest BCUT2D eigenvalue weighted by molar-refractivity contribution is 5.03. The van der Waals surface area contributed by atoms with E-state index in [2.05, 4.69) is 11.9 Å². The van der Waals surface area contributed by atoms with Gasteiger partial charge >= 0.3 is 0 Å². The Bertz CT molecular complexity index is 289. The maximum absolute atomic E-state index is 10.1. The molecule has 1 heterocycles. The van der Waals surface area contributed by atoms with Gasteiger partial charge in [0.15, 0.2) is 0 Å². The number of imidazole rings is 1. The molecule has 3 nitrogen and oxygen atoms in total. The molecule has 1 atom stereocenters. The van der Waals surface area contributed by atoms with Gasteiger partial charge in [0.1, 0.15) is 6.10 Å². The zero-order valence-corrected chi connectivity index (χ0v) is 8.69. The first kappa shape index (κ1) is 9.71. The molecule has 1 unspecified atom stereocenters. The van der Waals surface area contributed by atoms with Gasteiger partial charge in [0, 0.05) is 12.7 Å². The summed E-state index contributed by atoms with van der Waals surface area (Å²) in [4.78, 5) is 4.24. The third kappa shape index (κ3) is 1.82. The molecule has 0 amide bonds. The van der Waals surface area contributed by atoms with Gasteiger partial charge in [0.25, 0.3) is 0 Å². The average Bonchev–Trinajstić information content (AvgIpc) is 2.88. The van der Waals surface area contributed by atoms with Gasteiger partial charge in [0.2, 0.25) is 0 Å². The lowest BCUT2D eigenvalue weighted by Crippen LogP contribution is -2.09. The van der Waals surface area contributed by atoms with Crippen LogP contribution in [0.5, 0.6) is 0 Å². The maximum atomic E-state index is 10.1. The minimum atomic E-state index is -0.342. The molecule has 0 aliphatic heterocycles. The van der Waals surface area contributed by atoms with Crippen molar-refractivity contribution in [2.45, 2.75) is 45.3 Å². The monoisotopic (exact) mass is 194 g/mol. The molecule has 1 N–H and O–H groups in total. The Labute approximate surface area is 84.8 Å². The first-order valence-corrected chi connectivity index (χ1v) is 5.51. The second kappa shape index (κ2) is 4.13. The van der Waals surface area contributed by atoms with E-state index in [0.29, 0.717) is 5.92 Å². The van der Waals surface area contributed by atoms with Gasteiger partial charge in [-0.15, -0.1) is 0 Å². The molecule has 0 aromatic carbocycles. The molecule has 2 rings (SSSR count). The fourth-order valence-corrected chi connectivity index (χ4v) is 2.22. The van der Waals surface area contributed by atoms with Crippen LogP contribution < -0.4 is 0 Å². The van der Waals surface area contributed by atoms with E-state index in [1.165, 1.54) is 12.8 Å². The van der Waals surface area contributed by atoms with E-state index in [1.807, 2.05) is 10.8 Å². The van der Waals surface area contributed by atoms with Crippen molar-refractivity contribution in [2.24, 2.45) is 5.92 Å². The number of aliphatic hydroxyl groups is 1. The normalized spacial score (nSPS) is 20.1. The van der Waals surface area contributed by atoms with Crippen LogP contribution in [-0.2, 0) is 6.54 Å². The van der Waals surface area contributed by atoms with Crippen molar-refractivity contribution in [3.8, 4) is 0 Å². The second-order valence-corrected chi connectivity index (χ2v) is 4.12. The summed E-state index contributed by atoms with van der Waals surface area (Å²) < 4.78 is 2.01. The second-order valence-electron chi connectivity index (χ2n) is 4.12. The van der Waals surface area contributed by atoms with Gasteiger partial charge in [-0.05, 0) is 25.7 Å². The summed E-state index contributed by atoms with van der Waals surface area (Å²) in [6, 6.07) is 0. The summed E-state index contributed by atoms with van der Waals surface area (Å²) in [6.45, 7) is 3.00. The summed E-state index contributed by atoms with van der Waals surface area (Å²) >= 11 is 0. The van der Waals surface area contributed by atoms with Gasteiger partial charge in [-0.2, -0.15) is 0 Å². The van der Waals surface area contributed by atoms with Crippen LogP contribution in [0.4, 0.5) is 0 Å². The molecule has 0 saturated heterocycles. The number of hydrogen-bond donors (Lipinski definition) is 1. The molecular formula is C11H18N2O. The predicted molar refractivity (Wildman–Crippen MR) is 54.8 cm³/mol. The molecule has 78 valence electrons. The van der Waals surface area contributed by atoms with Crippen LogP contribution in [0.2, 0.25) is 0 Å². The van der Waals surface area contributed by atoms with Crippen molar-refractivity contribution in [2.75, 3.05) is 0 Å². The summed E-state index contributed by atoms with van der Waals surface area (Å²) in [6.07, 6.45) is 8.24. The SMILES string of the molecule is CCn1cnc(C(O)C2CCCC2)c1. The van der Waals surface area contributed by atoms with Crippen LogP contribution in [0, 0.1) is 5.92 Å². The summed E-state index contributed by atoms with van der Waals surface area (Å²) in [7, 11) is 0. The van der Waals surface area contributed by atoms with E-state index >= 15 is 0 Å². The van der Waals surface area contributed by atoms with Crippen LogP contribution in [0.3, 0.4) is 0 Å². The van der Waals surface area contributed by atoms with E-state index < -0.39 is 0 Å². The third-order valence-corrected chi connectivity index (χ3v) is 3.17. The highest BCUT2D eigenvalue weighted by Gasteiger charge is 2.25. The van der Waals surface area contributed by atoms with E-state index in [9.17, 15) is 5.11 Å². The van der Waals surface area contributed by atoms with Crippen molar-refractivity contribution in [3.63, 3.8) is 0 Å². The number of nitrogens with zero attached hydrogens (tertiary/aromatic N) is 2. The lowest BCUT2D eigenvalue weighted by molar-refractivity contribution is 0.108. The fraction of sp³-hybridized carbons (Fsp3) is 0.727. The van der Waals surface area contributed by atoms with Crippen LogP contribution in [0.15, 0.2) is 12.5 Å². The molecule has 0 radical (unpaired) electrons. The smallest absolute Gasteiger partial charge is 0.100 e. The first-order chi connectivity index (χ1) is 6.81. The Balaban J connectivity index is 2.05. The Hall–Kier alpha value is -0.830. The molecule has 14 heavy (non-hydrogen) atoms. The number of rotatable bonds is 3. The Morgan fingerprint density at radius 3 is 2.86 bits per heavy atom. The fourth-order valence-electron chi connectivity index (χ4n) is 2.22. The molecule has 1 aromatic rings. The molecule has 1 saturated carbocycles. The number of hydrogen-bond acceptors (Lipinski definition) is 2. The molecular weight excluding hydrogens is 176 g/mol. The molecule has 0 bridgehead atoms. The minimum Gasteiger partial charge on any atom is -0.386 e. The molecule has 0 spiro atoms. The van der Waals surface area contributed by atoms with Crippen molar-refractivity contribution < 1.29 is 5.11 Å². The molecule has 1 aromatic heterocycles. The van der Waals surface area contributed by atoms with Gasteiger partial charge in [0.05, 0.1) is 12.0 Å². The van der Waals surface area contributed by atoms with Gasteiger partial charge < -0.3 is 9.67 Å². The van der Waals surface area contributed by atoms with Crippen molar-refractivity contribution in [1.29, 1.82) is 0 Å². The lowest BCUT2D eigenvalue weighted by Gasteiger charge is -2.14. The summed E-state index contributed by atoms with van der Waals surface area (Å²) in [5, 5.41) is 10.1. The van der Waals surface area contributed by atoms with Gasteiger partial charge in [-0.25, -0.2) is 4.98 Å². The topological polar surface area (TPSA) is 38.0 Å². The van der Waals surface area contributed by atoms with Gasteiger partial charge in [-0.3, -0.25) is 0 Å². The third-order valence-electron chi connectivity index (χ3n) is 3.17. The highest BCUT2D eigenvalue weighted by atomic mass is 16.3. The first-order valence-electron chi connectivity index (χ1n) is 5.51. The quantitative estimate of drug-likeness (QED) is 0.800. The average molecular weight is 194 g/mol. The van der Waals surface area contributed by atoms with E-state index in [0.717, 1.165) is 25.1 Å². The largest absolute Gasteiger partial charge is 0.386 e. The Kier molecular flexibility index (Phi) is 2.87. The van der Waals surface area contributed by atoms with Crippen molar-refractivity contribution in [1.82, 2.24) is 9.55 Å². The van der Waals surface area contributed by atoms with Crippen molar-refractivity contribution >= 4 is 0 Å². The summed E-state index contributed by atoms with van der Waals surface area (Å²) in [5.74, 6) is 0.440. The van der Waals surface area contributed by atoms with Crippen LogP contribution in [0.25, 0.3) is 0 Å². The minimum absolute atomic E-state index is 0.342. The molecule has 1 aliphatic rings. The lowest BCUT2D eigenvalue weighted by atomic mass is 9.99. The van der Waals surface area contributed by atoms with Crippen LogP contribution in [0.1, 0.15) is 44.4 Å². The molecule has 1 fully saturated rings. The van der Waals surface area contributed by atoms with E-state index in [4.69, 9.17) is 0 Å². The number of aryl methyl sites for hydroxylation is 1. The summed E-state index contributed by atoms with van der Waals surface area (Å²) in [5.41, 5.74) is 0.846. The zero-order valence-electron chi connectivity index (χ0n) is 8.69. The van der Waals surface area contributed by atoms with Gasteiger partial charge in [-0.1, -0.05) is 12.8 Å². The molecule has 1 aliphatic carbocycles. The van der Waals surface area contributed by atoms with E-state index in [-0.39, 0.29) is 6.10 Å². The standard InChI is InChI=1S/C11H18N2O/c1-2-13-7-10(12-8-13)11(14)9-5-3-4-6-9/h7-9,11,14H,2-6H2,1H3. The van der Waals surface area contributed by atoms with Crippen LogP contribution in [-0.4, -0.2) is 14.7 Å². The zero-order chi connectivity index (χ0) is 9.97. The Morgan fingerprint density at radius 2 is 2.29 bits per heavy atom. The van der Waals surface area contributed by atoms with Crippen molar-refractivity contribution in [3.05, 3.63) is 18.2 Å². The van der Waals surface area contributed by atoms with E-state index in [1.54, 1.807) is 6.33 Å². The highest BCUT2D eigenvalue weighted by Crippen LogP contribution is 2.34. The molecule has 3 heteroatoms. The maximum Gasteiger partial charge on any atom is 0.100 e. The predicted octanol–water partition coefficient (Wildman–Crippen LogP) is 2.13. The van der Waals surface area contributed by atoms with Crippen LogP contribution >= 0.6 is 0 Å². The Morgan fingerprint density at radius 1 is 1.57 bits per heavy atom.